The first kappa shape index (κ1) is 17.9. The van der Waals surface area contributed by atoms with Crippen molar-refractivity contribution in [1.29, 1.82) is 0 Å². The lowest BCUT2D eigenvalue weighted by molar-refractivity contribution is 0.0773. The Kier molecular flexibility index (Phi) is 5.23. The van der Waals surface area contributed by atoms with Crippen LogP contribution in [-0.2, 0) is 6.54 Å². The number of rotatable bonds is 5. The normalized spacial score (nSPS) is 10.6. The highest BCUT2D eigenvalue weighted by molar-refractivity contribution is 6.31. The zero-order valence-electron chi connectivity index (χ0n) is 14.2. The molecule has 0 aliphatic carbocycles. The summed E-state index contributed by atoms with van der Waals surface area (Å²) >= 11 is 6.02. The maximum absolute atomic E-state index is 13.9. The number of carbonyl (C=O) groups is 1. The molecule has 0 spiro atoms. The average Bonchev–Trinajstić information content (AvgIpc) is 3.14. The SMILES string of the molecule is COc1ccccc1-c1cc(C(=O)N(C)Cc2c(F)cccc2Cl)no1. The molecule has 0 atom stereocenters. The highest BCUT2D eigenvalue weighted by Gasteiger charge is 2.21. The second-order valence-corrected chi connectivity index (χ2v) is 6.05. The van der Waals surface area contributed by atoms with Gasteiger partial charge in [-0.15, -0.1) is 0 Å². The van der Waals surface area contributed by atoms with E-state index < -0.39 is 11.7 Å². The van der Waals surface area contributed by atoms with Gasteiger partial charge in [0, 0.05) is 23.7 Å². The Morgan fingerprint density at radius 2 is 2.04 bits per heavy atom. The molecule has 5 nitrogen and oxygen atoms in total. The predicted octanol–water partition coefficient (Wildman–Crippen LogP) is 4.41. The van der Waals surface area contributed by atoms with Crippen LogP contribution in [0, 0.1) is 5.82 Å². The summed E-state index contributed by atoms with van der Waals surface area (Å²) in [6.45, 7) is 0.0151. The average molecular weight is 375 g/mol. The molecule has 26 heavy (non-hydrogen) atoms. The van der Waals surface area contributed by atoms with E-state index in [2.05, 4.69) is 5.16 Å². The number of ether oxygens (including phenoxy) is 1. The van der Waals surface area contributed by atoms with Crippen molar-refractivity contribution >= 4 is 17.5 Å². The molecule has 3 rings (SSSR count). The Hall–Kier alpha value is -2.86. The molecule has 0 saturated carbocycles. The number of carbonyl (C=O) groups excluding carboxylic acids is 1. The van der Waals surface area contributed by atoms with Gasteiger partial charge in [0.2, 0.25) is 0 Å². The number of nitrogens with zero attached hydrogens (tertiary/aromatic N) is 2. The number of hydrogen-bond donors (Lipinski definition) is 0. The second kappa shape index (κ2) is 7.58. The standard InChI is InChI=1S/C19H16ClFN2O3/c1-23(11-13-14(20)7-5-8-15(13)21)19(24)16-10-18(26-22-16)12-6-3-4-9-17(12)25-2/h3-10H,11H2,1-2H3. The molecule has 0 unspecified atom stereocenters. The molecular formula is C19H16ClFN2O3. The summed E-state index contributed by atoms with van der Waals surface area (Å²) in [5.74, 6) is 0.137. The molecular weight excluding hydrogens is 359 g/mol. The molecule has 1 heterocycles. The summed E-state index contributed by atoms with van der Waals surface area (Å²) in [6.07, 6.45) is 0. The third-order valence-corrected chi connectivity index (χ3v) is 4.26. The number of aromatic nitrogens is 1. The summed E-state index contributed by atoms with van der Waals surface area (Å²) in [4.78, 5) is 13.9. The second-order valence-electron chi connectivity index (χ2n) is 5.64. The minimum atomic E-state index is -0.466. The van der Waals surface area contributed by atoms with E-state index in [-0.39, 0.29) is 22.8 Å². The van der Waals surface area contributed by atoms with Crippen molar-refractivity contribution in [3.05, 3.63) is 70.6 Å². The van der Waals surface area contributed by atoms with Crippen LogP contribution in [0.4, 0.5) is 4.39 Å². The Bertz CT molecular complexity index is 922. The summed E-state index contributed by atoms with van der Waals surface area (Å²) < 4.78 is 24.5. The van der Waals surface area contributed by atoms with Crippen LogP contribution in [0.15, 0.2) is 53.1 Å². The van der Waals surface area contributed by atoms with E-state index >= 15 is 0 Å². The van der Waals surface area contributed by atoms with E-state index in [9.17, 15) is 9.18 Å². The Morgan fingerprint density at radius 1 is 1.27 bits per heavy atom. The van der Waals surface area contributed by atoms with Gasteiger partial charge in [0.05, 0.1) is 19.2 Å². The molecule has 2 aromatic carbocycles. The van der Waals surface area contributed by atoms with Crippen molar-refractivity contribution in [2.45, 2.75) is 6.54 Å². The van der Waals surface area contributed by atoms with Crippen molar-refractivity contribution in [2.75, 3.05) is 14.2 Å². The first-order valence-electron chi connectivity index (χ1n) is 7.79. The van der Waals surface area contributed by atoms with E-state index in [0.717, 1.165) is 0 Å². The fraction of sp³-hybridized carbons (Fsp3) is 0.158. The Labute approximate surface area is 154 Å². The number of halogens is 2. The number of amides is 1. The zero-order valence-corrected chi connectivity index (χ0v) is 15.0. The van der Waals surface area contributed by atoms with Crippen LogP contribution in [0.2, 0.25) is 5.02 Å². The molecule has 0 fully saturated rings. The molecule has 0 N–H and O–H groups in total. The lowest BCUT2D eigenvalue weighted by Gasteiger charge is -2.17. The number of benzene rings is 2. The highest BCUT2D eigenvalue weighted by Crippen LogP contribution is 2.30. The molecule has 0 saturated heterocycles. The van der Waals surface area contributed by atoms with Gasteiger partial charge >= 0.3 is 0 Å². The molecule has 1 amide bonds. The van der Waals surface area contributed by atoms with E-state index in [1.54, 1.807) is 32.4 Å². The van der Waals surface area contributed by atoms with E-state index in [0.29, 0.717) is 17.1 Å². The first-order valence-corrected chi connectivity index (χ1v) is 8.17. The van der Waals surface area contributed by atoms with Gasteiger partial charge < -0.3 is 14.2 Å². The van der Waals surface area contributed by atoms with Gasteiger partial charge in [-0.2, -0.15) is 0 Å². The van der Waals surface area contributed by atoms with Crippen LogP contribution >= 0.6 is 11.6 Å². The highest BCUT2D eigenvalue weighted by atomic mass is 35.5. The Morgan fingerprint density at radius 3 is 2.77 bits per heavy atom. The molecule has 1 aromatic heterocycles. The molecule has 3 aromatic rings. The van der Waals surface area contributed by atoms with Crippen LogP contribution in [0.5, 0.6) is 5.75 Å². The van der Waals surface area contributed by atoms with E-state index in [4.69, 9.17) is 20.9 Å². The van der Waals surface area contributed by atoms with Crippen molar-refractivity contribution in [2.24, 2.45) is 0 Å². The van der Waals surface area contributed by atoms with Crippen LogP contribution < -0.4 is 4.74 Å². The van der Waals surface area contributed by atoms with Gasteiger partial charge in [0.1, 0.15) is 11.6 Å². The van der Waals surface area contributed by atoms with Crippen LogP contribution in [0.3, 0.4) is 0 Å². The molecule has 0 bridgehead atoms. The maximum Gasteiger partial charge on any atom is 0.276 e. The van der Waals surface area contributed by atoms with Crippen molar-refractivity contribution in [3.63, 3.8) is 0 Å². The number of methoxy groups -OCH3 is 1. The fourth-order valence-electron chi connectivity index (χ4n) is 2.54. The summed E-state index contributed by atoms with van der Waals surface area (Å²) in [6, 6.07) is 13.2. The zero-order chi connectivity index (χ0) is 18.7. The summed E-state index contributed by atoms with van der Waals surface area (Å²) in [7, 11) is 3.09. The number of para-hydroxylation sites is 1. The van der Waals surface area contributed by atoms with Crippen molar-refractivity contribution in [3.8, 4) is 17.1 Å². The first-order chi connectivity index (χ1) is 12.5. The predicted molar refractivity (Wildman–Crippen MR) is 95.7 cm³/mol. The van der Waals surface area contributed by atoms with Crippen LogP contribution in [-0.4, -0.2) is 30.1 Å². The van der Waals surface area contributed by atoms with Gasteiger partial charge in [-0.1, -0.05) is 35.0 Å². The quantitative estimate of drug-likeness (QED) is 0.663. The molecule has 134 valence electrons. The lowest BCUT2D eigenvalue weighted by atomic mass is 10.1. The lowest BCUT2D eigenvalue weighted by Crippen LogP contribution is -2.27. The van der Waals surface area contributed by atoms with Gasteiger partial charge in [0.25, 0.3) is 5.91 Å². The van der Waals surface area contributed by atoms with E-state index in [1.165, 1.54) is 23.1 Å². The third-order valence-electron chi connectivity index (χ3n) is 3.91. The monoisotopic (exact) mass is 374 g/mol. The minimum Gasteiger partial charge on any atom is -0.496 e. The van der Waals surface area contributed by atoms with Crippen LogP contribution in [0.25, 0.3) is 11.3 Å². The topological polar surface area (TPSA) is 55.6 Å². The Balaban J connectivity index is 1.82. The third kappa shape index (κ3) is 3.55. The molecule has 0 aliphatic rings. The molecule has 0 aliphatic heterocycles. The summed E-state index contributed by atoms with van der Waals surface area (Å²) in [5.41, 5.74) is 1.04. The van der Waals surface area contributed by atoms with Gasteiger partial charge in [-0.05, 0) is 24.3 Å². The fourth-order valence-corrected chi connectivity index (χ4v) is 2.76. The van der Waals surface area contributed by atoms with Crippen molar-refractivity contribution < 1.29 is 18.4 Å². The van der Waals surface area contributed by atoms with Gasteiger partial charge in [0.15, 0.2) is 11.5 Å². The van der Waals surface area contributed by atoms with Gasteiger partial charge in [-0.3, -0.25) is 4.79 Å². The van der Waals surface area contributed by atoms with E-state index in [1.807, 2.05) is 12.1 Å². The molecule has 0 radical (unpaired) electrons. The maximum atomic E-state index is 13.9. The number of hydrogen-bond acceptors (Lipinski definition) is 4. The van der Waals surface area contributed by atoms with Crippen LogP contribution in [0.1, 0.15) is 16.1 Å². The largest absolute Gasteiger partial charge is 0.496 e. The summed E-state index contributed by atoms with van der Waals surface area (Å²) in [5, 5.41) is 4.09. The molecule has 7 heteroatoms. The van der Waals surface area contributed by atoms with Gasteiger partial charge in [-0.25, -0.2) is 4.39 Å². The smallest absolute Gasteiger partial charge is 0.276 e. The minimum absolute atomic E-state index is 0.0151. The van der Waals surface area contributed by atoms with Crippen molar-refractivity contribution in [1.82, 2.24) is 10.1 Å².